The molecule has 0 aromatic rings. The first kappa shape index (κ1) is 9.17. The summed E-state index contributed by atoms with van der Waals surface area (Å²) < 4.78 is 0. The van der Waals surface area contributed by atoms with E-state index in [1.165, 1.54) is 5.71 Å². The molecule has 0 aliphatic carbocycles. The molecule has 12 heavy (non-hydrogen) atoms. The van der Waals surface area contributed by atoms with Crippen LogP contribution in [0.1, 0.15) is 33.1 Å². The van der Waals surface area contributed by atoms with Crippen LogP contribution in [0.4, 0.5) is 0 Å². The zero-order chi connectivity index (χ0) is 8.97. The van der Waals surface area contributed by atoms with Gasteiger partial charge in [-0.2, -0.15) is 0 Å². The van der Waals surface area contributed by atoms with Crippen LogP contribution < -0.4 is 0 Å². The van der Waals surface area contributed by atoms with Crippen LogP contribution in [0.15, 0.2) is 22.6 Å². The number of amidine groups is 1. The minimum absolute atomic E-state index is 0.436. The van der Waals surface area contributed by atoms with E-state index in [0.29, 0.717) is 6.04 Å². The van der Waals surface area contributed by atoms with Gasteiger partial charge in [0.25, 0.3) is 0 Å². The second kappa shape index (κ2) is 4.19. The zero-order valence-electron chi connectivity index (χ0n) is 7.88. The van der Waals surface area contributed by atoms with Crippen LogP contribution in [0.25, 0.3) is 0 Å². The fourth-order valence-corrected chi connectivity index (χ4v) is 1.30. The lowest BCUT2D eigenvalue weighted by Gasteiger charge is -2.16. The van der Waals surface area contributed by atoms with Crippen LogP contribution in [-0.4, -0.2) is 17.6 Å². The molecule has 2 nitrogen and oxygen atoms in total. The molecule has 1 heterocycles. The average Bonchev–Trinajstić information content (AvgIpc) is 2.16. The summed E-state index contributed by atoms with van der Waals surface area (Å²) in [5.74, 6) is 0.810. The van der Waals surface area contributed by atoms with Crippen molar-refractivity contribution in [3.8, 4) is 0 Å². The van der Waals surface area contributed by atoms with Crippen LogP contribution in [0.2, 0.25) is 0 Å². The van der Waals surface area contributed by atoms with Crippen LogP contribution in [-0.2, 0) is 0 Å². The first-order chi connectivity index (χ1) is 5.80. The number of aliphatic imine (C=N–C) groups is 2. The third kappa shape index (κ3) is 2.03. The summed E-state index contributed by atoms with van der Waals surface area (Å²) in [4.78, 5) is 8.79. The number of rotatable bonds is 3. The molecule has 0 N–H and O–H groups in total. The molecule has 0 aromatic heterocycles. The molecule has 1 unspecified atom stereocenters. The molecule has 0 saturated heterocycles. The Balaban J connectivity index is 2.77. The van der Waals surface area contributed by atoms with E-state index < -0.39 is 0 Å². The van der Waals surface area contributed by atoms with Crippen LogP contribution in [0.3, 0.4) is 0 Å². The quantitative estimate of drug-likeness (QED) is 0.612. The standard InChI is InChI=1S/C10H16N2/c1-4-8-7-9(5-2)12-10(6-3)11-8/h6,8H,3-5,7H2,1-2H3. The van der Waals surface area contributed by atoms with Crippen molar-refractivity contribution in [1.29, 1.82) is 0 Å². The molecular formula is C10H16N2. The van der Waals surface area contributed by atoms with E-state index >= 15 is 0 Å². The molecule has 0 saturated carbocycles. The topological polar surface area (TPSA) is 24.7 Å². The maximum atomic E-state index is 4.43. The van der Waals surface area contributed by atoms with E-state index in [1.54, 1.807) is 6.08 Å². The van der Waals surface area contributed by atoms with E-state index in [4.69, 9.17) is 0 Å². The average molecular weight is 164 g/mol. The fourth-order valence-electron chi connectivity index (χ4n) is 1.30. The fraction of sp³-hybridized carbons (Fsp3) is 0.600. The van der Waals surface area contributed by atoms with Gasteiger partial charge in [0.2, 0.25) is 0 Å². The highest BCUT2D eigenvalue weighted by Gasteiger charge is 2.13. The van der Waals surface area contributed by atoms with Crippen molar-refractivity contribution < 1.29 is 0 Å². The minimum Gasteiger partial charge on any atom is -0.263 e. The largest absolute Gasteiger partial charge is 0.263 e. The van der Waals surface area contributed by atoms with Crippen LogP contribution in [0.5, 0.6) is 0 Å². The minimum atomic E-state index is 0.436. The van der Waals surface area contributed by atoms with Gasteiger partial charge in [-0.1, -0.05) is 20.4 Å². The summed E-state index contributed by atoms with van der Waals surface area (Å²) in [6, 6.07) is 0.436. The molecule has 0 spiro atoms. The third-order valence-corrected chi connectivity index (χ3v) is 2.12. The Hall–Kier alpha value is -0.920. The van der Waals surface area contributed by atoms with Gasteiger partial charge in [0.1, 0.15) is 5.84 Å². The second-order valence-corrected chi connectivity index (χ2v) is 2.99. The van der Waals surface area contributed by atoms with Crippen molar-refractivity contribution in [3.63, 3.8) is 0 Å². The Bertz CT molecular complexity index is 226. The molecule has 1 rings (SSSR count). The Labute approximate surface area is 74.1 Å². The highest BCUT2D eigenvalue weighted by Crippen LogP contribution is 2.13. The molecule has 0 amide bonds. The van der Waals surface area contributed by atoms with E-state index in [0.717, 1.165) is 25.1 Å². The molecule has 1 aliphatic heterocycles. The van der Waals surface area contributed by atoms with Gasteiger partial charge in [-0.05, 0) is 18.9 Å². The monoisotopic (exact) mass is 164 g/mol. The molecule has 0 aromatic carbocycles. The van der Waals surface area contributed by atoms with E-state index in [1.807, 2.05) is 0 Å². The third-order valence-electron chi connectivity index (χ3n) is 2.12. The van der Waals surface area contributed by atoms with E-state index in [-0.39, 0.29) is 0 Å². The lowest BCUT2D eigenvalue weighted by Crippen LogP contribution is -2.18. The molecule has 0 bridgehead atoms. The van der Waals surface area contributed by atoms with Gasteiger partial charge >= 0.3 is 0 Å². The molecular weight excluding hydrogens is 148 g/mol. The molecule has 2 heteroatoms. The summed E-state index contributed by atoms with van der Waals surface area (Å²) in [5, 5.41) is 0. The van der Waals surface area contributed by atoms with Crippen molar-refractivity contribution in [3.05, 3.63) is 12.7 Å². The van der Waals surface area contributed by atoms with Crippen molar-refractivity contribution in [1.82, 2.24) is 0 Å². The smallest absolute Gasteiger partial charge is 0.146 e. The summed E-state index contributed by atoms with van der Waals surface area (Å²) in [6.45, 7) is 7.98. The first-order valence-electron chi connectivity index (χ1n) is 4.56. The molecule has 0 fully saturated rings. The molecule has 1 aliphatic rings. The van der Waals surface area contributed by atoms with E-state index in [9.17, 15) is 0 Å². The highest BCUT2D eigenvalue weighted by molar-refractivity contribution is 6.05. The first-order valence-corrected chi connectivity index (χ1v) is 4.56. The number of hydrogen-bond donors (Lipinski definition) is 0. The van der Waals surface area contributed by atoms with Crippen molar-refractivity contribution in [2.24, 2.45) is 9.98 Å². The predicted octanol–water partition coefficient (Wildman–Crippen LogP) is 2.60. The summed E-state index contributed by atoms with van der Waals surface area (Å²) in [7, 11) is 0. The maximum absolute atomic E-state index is 4.43. The SMILES string of the molecule is C=CC1=NC(CC)CC(CC)=N1. The second-order valence-electron chi connectivity index (χ2n) is 2.99. The number of hydrogen-bond acceptors (Lipinski definition) is 2. The van der Waals surface area contributed by atoms with E-state index in [2.05, 4.69) is 30.4 Å². The summed E-state index contributed by atoms with van der Waals surface area (Å²) in [5.41, 5.74) is 1.26. The number of nitrogens with zero attached hydrogens (tertiary/aromatic N) is 2. The Morgan fingerprint density at radius 3 is 2.83 bits per heavy atom. The lowest BCUT2D eigenvalue weighted by atomic mass is 10.0. The lowest BCUT2D eigenvalue weighted by molar-refractivity contribution is 0.666. The molecule has 1 atom stereocenters. The van der Waals surface area contributed by atoms with Gasteiger partial charge in [0, 0.05) is 12.1 Å². The summed E-state index contributed by atoms with van der Waals surface area (Å²) in [6.07, 6.45) is 4.89. The van der Waals surface area contributed by atoms with Gasteiger partial charge in [-0.3, -0.25) is 4.99 Å². The molecule has 0 radical (unpaired) electrons. The Morgan fingerprint density at radius 2 is 2.33 bits per heavy atom. The van der Waals surface area contributed by atoms with Crippen LogP contribution >= 0.6 is 0 Å². The highest BCUT2D eigenvalue weighted by atomic mass is 15.0. The van der Waals surface area contributed by atoms with Gasteiger partial charge < -0.3 is 0 Å². The zero-order valence-corrected chi connectivity index (χ0v) is 7.88. The summed E-state index contributed by atoms with van der Waals surface area (Å²) >= 11 is 0. The van der Waals surface area contributed by atoms with Crippen molar-refractivity contribution in [2.75, 3.05) is 0 Å². The normalized spacial score (nSPS) is 23.0. The van der Waals surface area contributed by atoms with Gasteiger partial charge in [0.05, 0.1) is 6.04 Å². The van der Waals surface area contributed by atoms with Crippen LogP contribution in [0, 0.1) is 0 Å². The van der Waals surface area contributed by atoms with Gasteiger partial charge in [0.15, 0.2) is 0 Å². The van der Waals surface area contributed by atoms with Gasteiger partial charge in [-0.15, -0.1) is 0 Å². The maximum Gasteiger partial charge on any atom is 0.146 e. The predicted molar refractivity (Wildman–Crippen MR) is 54.1 cm³/mol. The van der Waals surface area contributed by atoms with Gasteiger partial charge in [-0.25, -0.2) is 4.99 Å². The Morgan fingerprint density at radius 1 is 1.58 bits per heavy atom. The Kier molecular flexibility index (Phi) is 3.20. The van der Waals surface area contributed by atoms with Crippen molar-refractivity contribution in [2.45, 2.75) is 39.2 Å². The molecule has 66 valence electrons. The van der Waals surface area contributed by atoms with Crippen molar-refractivity contribution >= 4 is 11.5 Å².